The third-order valence-corrected chi connectivity index (χ3v) is 3.10. The average Bonchev–Trinajstić information content (AvgIpc) is 2.37. The number of halogens is 3. The predicted octanol–water partition coefficient (Wildman–Crippen LogP) is 4.53. The normalized spacial score (nSPS) is 10.4. The molecular formula is C14H9BrF2O3. The van der Waals surface area contributed by atoms with Crippen molar-refractivity contribution in [3.63, 3.8) is 0 Å². The molecule has 0 heterocycles. The molecule has 2 aromatic rings. The molecule has 20 heavy (non-hydrogen) atoms. The summed E-state index contributed by atoms with van der Waals surface area (Å²) in [4.78, 5) is 10.7. The van der Waals surface area contributed by atoms with Gasteiger partial charge in [0.25, 0.3) is 0 Å². The molecule has 104 valence electrons. The molecule has 0 atom stereocenters. The summed E-state index contributed by atoms with van der Waals surface area (Å²) in [7, 11) is 0. The summed E-state index contributed by atoms with van der Waals surface area (Å²) < 4.78 is 33.4. The Labute approximate surface area is 121 Å². The lowest BCUT2D eigenvalue weighted by molar-refractivity contribution is 0.0695. The van der Waals surface area contributed by atoms with Gasteiger partial charge < -0.3 is 9.84 Å². The Morgan fingerprint density at radius 3 is 2.35 bits per heavy atom. The largest absolute Gasteiger partial charge is 0.478 e. The first-order chi connectivity index (χ1) is 9.38. The fraction of sp³-hybridized carbons (Fsp3) is 0.0714. The first kappa shape index (κ1) is 14.5. The van der Waals surface area contributed by atoms with Gasteiger partial charge in [-0.2, -0.15) is 0 Å². The van der Waals surface area contributed by atoms with Gasteiger partial charge in [0.15, 0.2) is 17.4 Å². The molecule has 2 aromatic carbocycles. The van der Waals surface area contributed by atoms with E-state index >= 15 is 0 Å². The summed E-state index contributed by atoms with van der Waals surface area (Å²) in [5.74, 6) is -3.90. The Balaban J connectivity index is 2.44. The summed E-state index contributed by atoms with van der Waals surface area (Å²) in [5.41, 5.74) is 0.215. The van der Waals surface area contributed by atoms with Crippen LogP contribution in [0.2, 0.25) is 0 Å². The number of carbonyl (C=O) groups is 1. The average molecular weight is 343 g/mol. The number of aryl methyl sites for hydroxylation is 1. The molecule has 0 aliphatic rings. The van der Waals surface area contributed by atoms with E-state index in [-0.39, 0.29) is 5.75 Å². The van der Waals surface area contributed by atoms with Crippen LogP contribution in [-0.2, 0) is 0 Å². The van der Waals surface area contributed by atoms with Crippen LogP contribution in [0.25, 0.3) is 0 Å². The highest BCUT2D eigenvalue weighted by Gasteiger charge is 2.17. The molecule has 0 unspecified atom stereocenters. The first-order valence-electron chi connectivity index (χ1n) is 5.55. The van der Waals surface area contributed by atoms with Crippen molar-refractivity contribution in [3.8, 4) is 11.5 Å². The van der Waals surface area contributed by atoms with Gasteiger partial charge in [0.05, 0.1) is 5.56 Å². The van der Waals surface area contributed by atoms with Gasteiger partial charge in [0.2, 0.25) is 0 Å². The van der Waals surface area contributed by atoms with Crippen LogP contribution in [0.15, 0.2) is 34.8 Å². The minimum absolute atomic E-state index is 0.278. The lowest BCUT2D eigenvalue weighted by Gasteiger charge is -2.11. The maximum atomic E-state index is 13.7. The highest BCUT2D eigenvalue weighted by Crippen LogP contribution is 2.32. The van der Waals surface area contributed by atoms with Gasteiger partial charge >= 0.3 is 5.97 Å². The van der Waals surface area contributed by atoms with Crippen LogP contribution in [0, 0.1) is 18.6 Å². The maximum Gasteiger partial charge on any atom is 0.335 e. The zero-order valence-corrected chi connectivity index (χ0v) is 11.9. The van der Waals surface area contributed by atoms with Gasteiger partial charge in [0.1, 0.15) is 5.75 Å². The van der Waals surface area contributed by atoms with Crippen molar-refractivity contribution in [2.45, 2.75) is 6.92 Å². The molecule has 3 nitrogen and oxygen atoms in total. The topological polar surface area (TPSA) is 46.5 Å². The van der Waals surface area contributed by atoms with Crippen LogP contribution in [0.1, 0.15) is 15.9 Å². The summed E-state index contributed by atoms with van der Waals surface area (Å²) in [6, 6.07) is 6.49. The fourth-order valence-electron chi connectivity index (χ4n) is 1.57. The van der Waals surface area contributed by atoms with Crippen molar-refractivity contribution in [3.05, 3.63) is 57.6 Å². The Morgan fingerprint density at radius 1 is 1.20 bits per heavy atom. The van der Waals surface area contributed by atoms with Gasteiger partial charge in [-0.05, 0) is 36.8 Å². The smallest absolute Gasteiger partial charge is 0.335 e. The number of benzene rings is 2. The number of rotatable bonds is 3. The molecule has 0 aliphatic heterocycles. The third kappa shape index (κ3) is 2.96. The molecule has 0 fully saturated rings. The van der Waals surface area contributed by atoms with E-state index in [9.17, 15) is 13.6 Å². The highest BCUT2D eigenvalue weighted by atomic mass is 79.9. The number of aromatic carboxylic acids is 1. The Kier molecular flexibility index (Phi) is 4.04. The molecule has 0 saturated carbocycles. The third-order valence-electron chi connectivity index (χ3n) is 2.61. The van der Waals surface area contributed by atoms with Crippen LogP contribution < -0.4 is 4.74 Å². The number of hydrogen-bond acceptors (Lipinski definition) is 2. The Morgan fingerprint density at radius 2 is 1.80 bits per heavy atom. The van der Waals surface area contributed by atoms with Crippen molar-refractivity contribution in [1.29, 1.82) is 0 Å². The van der Waals surface area contributed by atoms with Crippen molar-refractivity contribution >= 4 is 21.9 Å². The number of carboxylic acid groups (broad SMARTS) is 1. The molecule has 0 radical (unpaired) electrons. The van der Waals surface area contributed by atoms with Gasteiger partial charge in [0, 0.05) is 4.47 Å². The zero-order valence-electron chi connectivity index (χ0n) is 10.3. The van der Waals surface area contributed by atoms with Crippen LogP contribution in [0.3, 0.4) is 0 Å². The predicted molar refractivity (Wildman–Crippen MR) is 72.3 cm³/mol. The highest BCUT2D eigenvalue weighted by molar-refractivity contribution is 9.10. The first-order valence-corrected chi connectivity index (χ1v) is 6.34. The number of hydrogen-bond donors (Lipinski definition) is 1. The standard InChI is InChI=1S/C14H9BrF2O3/c1-7-2-3-9(15)6-12(7)20-13-10(16)4-8(14(18)19)5-11(13)17/h2-6H,1H3,(H,18,19). The second-order valence-corrected chi connectivity index (χ2v) is 5.00. The SMILES string of the molecule is Cc1ccc(Br)cc1Oc1c(F)cc(C(=O)O)cc1F. The van der Waals surface area contributed by atoms with Crippen LogP contribution in [0.4, 0.5) is 8.78 Å². The molecule has 0 aliphatic carbocycles. The summed E-state index contributed by atoms with van der Waals surface area (Å²) in [5, 5.41) is 8.71. The molecule has 0 aromatic heterocycles. The van der Waals surface area contributed by atoms with Crippen LogP contribution in [0.5, 0.6) is 11.5 Å². The van der Waals surface area contributed by atoms with E-state index in [1.807, 2.05) is 0 Å². The molecule has 0 saturated heterocycles. The minimum atomic E-state index is -1.41. The van der Waals surface area contributed by atoms with E-state index in [2.05, 4.69) is 15.9 Å². The van der Waals surface area contributed by atoms with Crippen LogP contribution >= 0.6 is 15.9 Å². The second-order valence-electron chi connectivity index (χ2n) is 4.09. The fourth-order valence-corrected chi connectivity index (χ4v) is 1.91. The Hall–Kier alpha value is -1.95. The van der Waals surface area contributed by atoms with Gasteiger partial charge in [-0.15, -0.1) is 0 Å². The van der Waals surface area contributed by atoms with E-state index in [0.717, 1.165) is 0 Å². The number of carboxylic acids is 1. The summed E-state index contributed by atoms with van der Waals surface area (Å²) >= 11 is 3.23. The molecule has 1 N–H and O–H groups in total. The molecule has 6 heteroatoms. The molecule has 0 bridgehead atoms. The minimum Gasteiger partial charge on any atom is -0.478 e. The quantitative estimate of drug-likeness (QED) is 0.891. The van der Waals surface area contributed by atoms with Crippen LogP contribution in [-0.4, -0.2) is 11.1 Å². The van der Waals surface area contributed by atoms with Crippen molar-refractivity contribution < 1.29 is 23.4 Å². The van der Waals surface area contributed by atoms with Gasteiger partial charge in [-0.3, -0.25) is 0 Å². The van der Waals surface area contributed by atoms with Gasteiger partial charge in [-0.1, -0.05) is 22.0 Å². The molecule has 0 spiro atoms. The van der Waals surface area contributed by atoms with E-state index in [4.69, 9.17) is 9.84 Å². The summed E-state index contributed by atoms with van der Waals surface area (Å²) in [6.07, 6.45) is 0. The van der Waals surface area contributed by atoms with E-state index in [0.29, 0.717) is 22.2 Å². The monoisotopic (exact) mass is 342 g/mol. The van der Waals surface area contributed by atoms with E-state index < -0.39 is 28.9 Å². The second kappa shape index (κ2) is 5.58. The van der Waals surface area contributed by atoms with Crippen molar-refractivity contribution in [1.82, 2.24) is 0 Å². The number of ether oxygens (including phenoxy) is 1. The Bertz CT molecular complexity index is 663. The van der Waals surface area contributed by atoms with E-state index in [1.54, 1.807) is 25.1 Å². The lowest BCUT2D eigenvalue weighted by Crippen LogP contribution is -2.01. The summed E-state index contributed by atoms with van der Waals surface area (Å²) in [6.45, 7) is 1.73. The molecule has 2 rings (SSSR count). The molecule has 0 amide bonds. The maximum absolute atomic E-state index is 13.7. The van der Waals surface area contributed by atoms with Crippen molar-refractivity contribution in [2.75, 3.05) is 0 Å². The zero-order chi connectivity index (χ0) is 14.9. The van der Waals surface area contributed by atoms with Gasteiger partial charge in [-0.25, -0.2) is 13.6 Å². The molecular weight excluding hydrogens is 334 g/mol. The van der Waals surface area contributed by atoms with E-state index in [1.165, 1.54) is 0 Å². The van der Waals surface area contributed by atoms with Crippen molar-refractivity contribution in [2.24, 2.45) is 0 Å². The lowest BCUT2D eigenvalue weighted by atomic mass is 10.2.